The van der Waals surface area contributed by atoms with Crippen LogP contribution in [0.15, 0.2) is 89.5 Å². The molecule has 0 fully saturated rings. The van der Waals surface area contributed by atoms with Crippen LogP contribution in [0.4, 0.5) is 0 Å². The van der Waals surface area contributed by atoms with E-state index in [1.165, 1.54) is 25.3 Å². The van der Waals surface area contributed by atoms with Crippen LogP contribution in [0.1, 0.15) is 22.7 Å². The van der Waals surface area contributed by atoms with E-state index in [0.717, 1.165) is 5.56 Å². The Morgan fingerprint density at radius 3 is 2.16 bits per heavy atom. The molecule has 0 aliphatic carbocycles. The first-order valence-corrected chi connectivity index (χ1v) is 10.9. The molecule has 8 heteroatoms. The van der Waals surface area contributed by atoms with Gasteiger partial charge in [-0.3, -0.25) is 10.1 Å². The molecule has 1 unspecified atom stereocenters. The van der Waals surface area contributed by atoms with Crippen LogP contribution in [-0.2, 0) is 10.0 Å². The van der Waals surface area contributed by atoms with Crippen LogP contribution in [-0.4, -0.2) is 20.5 Å². The van der Waals surface area contributed by atoms with Crippen LogP contribution in [0.2, 0.25) is 0 Å². The number of nitrogens with zero attached hydrogens (tertiary/aromatic N) is 1. The van der Waals surface area contributed by atoms with Crippen molar-refractivity contribution in [2.75, 3.05) is 7.11 Å². The van der Waals surface area contributed by atoms with E-state index in [0.29, 0.717) is 16.9 Å². The van der Waals surface area contributed by atoms with Crippen LogP contribution in [0.3, 0.4) is 0 Å². The Balaban J connectivity index is 2.07. The van der Waals surface area contributed by atoms with Crippen LogP contribution in [0.5, 0.6) is 5.75 Å². The first-order valence-electron chi connectivity index (χ1n) is 9.44. The van der Waals surface area contributed by atoms with Crippen molar-refractivity contribution in [2.24, 2.45) is 0 Å². The Kier molecular flexibility index (Phi) is 6.84. The van der Waals surface area contributed by atoms with Gasteiger partial charge in [-0.1, -0.05) is 60.2 Å². The normalized spacial score (nSPS) is 12.9. The number of methoxy groups -OCH3 is 1. The van der Waals surface area contributed by atoms with Gasteiger partial charge in [0.15, 0.2) is 0 Å². The van der Waals surface area contributed by atoms with Gasteiger partial charge in [0.25, 0.3) is 5.70 Å². The standard InChI is InChI=1S/C23H22N2O5S/c1-17-8-14-21(15-9-17)31(28,29)24-23(19-6-4-3-5-7-19)22(25(26)27)16-18-10-12-20(30-2)13-11-18/h3-16,23-24H,1-2H3/b22-16+. The van der Waals surface area contributed by atoms with Gasteiger partial charge < -0.3 is 4.74 Å². The number of benzene rings is 3. The Labute approximate surface area is 181 Å². The van der Waals surface area contributed by atoms with Gasteiger partial charge in [-0.05, 0) is 42.3 Å². The highest BCUT2D eigenvalue weighted by Gasteiger charge is 2.31. The molecule has 0 radical (unpaired) electrons. The van der Waals surface area contributed by atoms with Crippen LogP contribution < -0.4 is 9.46 Å². The average molecular weight is 439 g/mol. The Morgan fingerprint density at radius 1 is 1.00 bits per heavy atom. The van der Waals surface area contributed by atoms with Crippen molar-refractivity contribution < 1.29 is 18.1 Å². The van der Waals surface area contributed by atoms with Gasteiger partial charge in [-0.25, -0.2) is 8.42 Å². The summed E-state index contributed by atoms with van der Waals surface area (Å²) < 4.78 is 33.6. The quantitative estimate of drug-likeness (QED) is 0.417. The molecule has 31 heavy (non-hydrogen) atoms. The number of rotatable bonds is 8. The summed E-state index contributed by atoms with van der Waals surface area (Å²) in [5, 5.41) is 12.0. The molecule has 0 aliphatic rings. The molecule has 0 bridgehead atoms. The number of ether oxygens (including phenoxy) is 1. The summed E-state index contributed by atoms with van der Waals surface area (Å²) in [4.78, 5) is 11.5. The molecule has 3 aromatic rings. The zero-order valence-corrected chi connectivity index (χ0v) is 17.9. The number of aryl methyl sites for hydroxylation is 1. The molecule has 0 aliphatic heterocycles. The molecule has 1 N–H and O–H groups in total. The molecule has 0 saturated heterocycles. The van der Waals surface area contributed by atoms with Crippen LogP contribution in [0, 0.1) is 17.0 Å². The van der Waals surface area contributed by atoms with Gasteiger partial charge in [-0.2, -0.15) is 4.72 Å². The lowest BCUT2D eigenvalue weighted by Crippen LogP contribution is -2.32. The fourth-order valence-corrected chi connectivity index (χ4v) is 4.20. The molecular formula is C23H22N2O5S. The zero-order valence-electron chi connectivity index (χ0n) is 17.1. The largest absolute Gasteiger partial charge is 0.497 e. The summed E-state index contributed by atoms with van der Waals surface area (Å²) in [6.45, 7) is 1.85. The number of sulfonamides is 1. The molecule has 0 spiro atoms. The monoisotopic (exact) mass is 438 g/mol. The highest BCUT2D eigenvalue weighted by Crippen LogP contribution is 2.27. The third kappa shape index (κ3) is 5.56. The van der Waals surface area contributed by atoms with Gasteiger partial charge in [0.05, 0.1) is 16.9 Å². The minimum Gasteiger partial charge on any atom is -0.497 e. The van der Waals surface area contributed by atoms with Crippen LogP contribution in [0.25, 0.3) is 6.08 Å². The Bertz CT molecular complexity index is 1170. The van der Waals surface area contributed by atoms with Crippen molar-refractivity contribution in [1.29, 1.82) is 0 Å². The van der Waals surface area contributed by atoms with E-state index in [2.05, 4.69) is 4.72 Å². The predicted molar refractivity (Wildman–Crippen MR) is 119 cm³/mol. The van der Waals surface area contributed by atoms with Crippen molar-refractivity contribution in [3.8, 4) is 5.75 Å². The lowest BCUT2D eigenvalue weighted by Gasteiger charge is -2.17. The van der Waals surface area contributed by atoms with Gasteiger partial charge in [0, 0.05) is 6.08 Å². The molecule has 160 valence electrons. The second kappa shape index (κ2) is 9.55. The fourth-order valence-electron chi connectivity index (χ4n) is 3.00. The number of nitro groups is 1. The van der Waals surface area contributed by atoms with Gasteiger partial charge in [0.1, 0.15) is 11.8 Å². The van der Waals surface area contributed by atoms with Crippen molar-refractivity contribution in [2.45, 2.75) is 17.9 Å². The van der Waals surface area contributed by atoms with E-state index in [1.54, 1.807) is 66.7 Å². The van der Waals surface area contributed by atoms with E-state index >= 15 is 0 Å². The summed E-state index contributed by atoms with van der Waals surface area (Å²) in [5.74, 6) is 0.611. The predicted octanol–water partition coefficient (Wildman–Crippen LogP) is 4.34. The number of nitrogens with one attached hydrogen (secondary N) is 1. The zero-order chi connectivity index (χ0) is 22.4. The maximum Gasteiger partial charge on any atom is 0.269 e. The topological polar surface area (TPSA) is 98.5 Å². The molecule has 3 aromatic carbocycles. The van der Waals surface area contributed by atoms with Crippen LogP contribution >= 0.6 is 0 Å². The molecule has 7 nitrogen and oxygen atoms in total. The van der Waals surface area contributed by atoms with E-state index in [-0.39, 0.29) is 10.6 Å². The van der Waals surface area contributed by atoms with E-state index in [1.807, 2.05) is 6.92 Å². The maximum atomic E-state index is 13.0. The number of hydrogen-bond donors (Lipinski definition) is 1. The van der Waals surface area contributed by atoms with Gasteiger partial charge in [0.2, 0.25) is 10.0 Å². The summed E-state index contributed by atoms with van der Waals surface area (Å²) in [7, 11) is -2.49. The minimum atomic E-state index is -4.02. The molecular weight excluding hydrogens is 416 g/mol. The summed E-state index contributed by atoms with van der Waals surface area (Å²) in [6.07, 6.45) is 1.36. The van der Waals surface area contributed by atoms with Crippen molar-refractivity contribution >= 4 is 16.1 Å². The molecule has 0 amide bonds. The summed E-state index contributed by atoms with van der Waals surface area (Å²) >= 11 is 0. The first kappa shape index (κ1) is 22.2. The lowest BCUT2D eigenvalue weighted by atomic mass is 10.0. The highest BCUT2D eigenvalue weighted by molar-refractivity contribution is 7.89. The van der Waals surface area contributed by atoms with E-state index < -0.39 is 21.0 Å². The van der Waals surface area contributed by atoms with E-state index in [4.69, 9.17) is 4.74 Å². The number of hydrogen-bond acceptors (Lipinski definition) is 5. The van der Waals surface area contributed by atoms with Gasteiger partial charge >= 0.3 is 0 Å². The first-order chi connectivity index (χ1) is 14.8. The second-order valence-electron chi connectivity index (χ2n) is 6.88. The van der Waals surface area contributed by atoms with Crippen molar-refractivity contribution in [3.05, 3.63) is 111 Å². The smallest absolute Gasteiger partial charge is 0.269 e. The third-order valence-electron chi connectivity index (χ3n) is 4.67. The fraction of sp³-hybridized carbons (Fsp3) is 0.130. The second-order valence-corrected chi connectivity index (χ2v) is 8.59. The molecule has 0 heterocycles. The molecule has 0 aromatic heterocycles. The molecule has 3 rings (SSSR count). The SMILES string of the molecule is COc1ccc(/C=C(\C(NS(=O)(=O)c2ccc(C)cc2)c2ccccc2)[N+](=O)[O-])cc1. The molecule has 0 saturated carbocycles. The lowest BCUT2D eigenvalue weighted by molar-refractivity contribution is -0.429. The summed E-state index contributed by atoms with van der Waals surface area (Å²) in [6, 6.07) is 20.2. The Morgan fingerprint density at radius 2 is 1.61 bits per heavy atom. The minimum absolute atomic E-state index is 0.0335. The van der Waals surface area contributed by atoms with E-state index in [9.17, 15) is 18.5 Å². The highest BCUT2D eigenvalue weighted by atomic mass is 32.2. The third-order valence-corrected chi connectivity index (χ3v) is 6.11. The van der Waals surface area contributed by atoms with Gasteiger partial charge in [-0.15, -0.1) is 0 Å². The molecule has 1 atom stereocenters. The summed E-state index contributed by atoms with van der Waals surface area (Å²) in [5.41, 5.74) is 1.61. The Hall–Kier alpha value is -3.49. The maximum absolute atomic E-state index is 13.0. The average Bonchev–Trinajstić information content (AvgIpc) is 2.77. The van der Waals surface area contributed by atoms with Crippen molar-refractivity contribution in [3.63, 3.8) is 0 Å². The van der Waals surface area contributed by atoms with Crippen molar-refractivity contribution in [1.82, 2.24) is 4.72 Å².